The van der Waals surface area contributed by atoms with Gasteiger partial charge in [0.1, 0.15) is 0 Å². The van der Waals surface area contributed by atoms with E-state index in [0.29, 0.717) is 16.6 Å². The number of hydrogen-bond acceptors (Lipinski definition) is 3. The number of nitro benzene ring substituents is 1. The topological polar surface area (TPSA) is 55.2 Å². The molecule has 0 aliphatic carbocycles. The minimum Gasteiger partial charge on any atom is -0.381 e. The maximum Gasteiger partial charge on any atom is 0.275 e. The number of nitro groups is 1. The Bertz CT molecular complexity index is 693. The van der Waals surface area contributed by atoms with Crippen LogP contribution >= 0.6 is 15.9 Å². The van der Waals surface area contributed by atoms with Gasteiger partial charge < -0.3 is 5.32 Å². The van der Waals surface area contributed by atoms with Crippen LogP contribution in [0.2, 0.25) is 0 Å². The maximum absolute atomic E-state index is 11.0. The second-order valence-electron chi connectivity index (χ2n) is 4.11. The van der Waals surface area contributed by atoms with E-state index < -0.39 is 0 Å². The molecule has 0 fully saturated rings. The van der Waals surface area contributed by atoms with Gasteiger partial charge in [-0.1, -0.05) is 27.9 Å². The molecular weight excluding hydrogens is 320 g/mol. The summed E-state index contributed by atoms with van der Waals surface area (Å²) in [5.41, 5.74) is 2.29. The molecule has 0 saturated heterocycles. The summed E-state index contributed by atoms with van der Waals surface area (Å²) in [5, 5.41) is 14.2. The molecule has 100 valence electrons. The molecule has 2 rings (SSSR count). The number of nitrogens with zero attached hydrogens (tertiary/aromatic N) is 1. The number of benzene rings is 2. The smallest absolute Gasteiger partial charge is 0.275 e. The minimum absolute atomic E-state index is 0.0833. The Morgan fingerprint density at radius 1 is 1.30 bits per heavy atom. The lowest BCUT2D eigenvalue weighted by molar-refractivity contribution is -0.385. The van der Waals surface area contributed by atoms with E-state index >= 15 is 0 Å². The third-order valence-corrected chi connectivity index (χ3v) is 3.25. The number of anilines is 1. The molecule has 2 aromatic carbocycles. The third-order valence-electron chi connectivity index (χ3n) is 2.76. The van der Waals surface area contributed by atoms with Crippen molar-refractivity contribution in [3.05, 3.63) is 68.2 Å². The first kappa shape index (κ1) is 14.1. The standard InChI is InChI=1S/C15H11BrN2O2/c1-2-11-4-3-5-14(8-11)17-10-12-6-7-13(16)9-15(12)18(19)20/h1,3-9,17H,10H2. The summed E-state index contributed by atoms with van der Waals surface area (Å²) >= 11 is 3.23. The maximum atomic E-state index is 11.0. The number of terminal acetylenes is 1. The van der Waals surface area contributed by atoms with E-state index in [0.717, 1.165) is 11.3 Å². The molecule has 5 heteroatoms. The van der Waals surface area contributed by atoms with Crippen LogP contribution in [0.3, 0.4) is 0 Å². The zero-order chi connectivity index (χ0) is 14.5. The Morgan fingerprint density at radius 2 is 2.10 bits per heavy atom. The van der Waals surface area contributed by atoms with Crippen molar-refractivity contribution < 1.29 is 4.92 Å². The van der Waals surface area contributed by atoms with Crippen molar-refractivity contribution in [1.29, 1.82) is 0 Å². The van der Waals surface area contributed by atoms with Gasteiger partial charge in [-0.2, -0.15) is 0 Å². The van der Waals surface area contributed by atoms with E-state index in [-0.39, 0.29) is 10.6 Å². The first-order valence-electron chi connectivity index (χ1n) is 5.83. The summed E-state index contributed by atoms with van der Waals surface area (Å²) in [5.74, 6) is 2.55. The lowest BCUT2D eigenvalue weighted by Gasteiger charge is -2.08. The zero-order valence-electron chi connectivity index (χ0n) is 10.5. The number of hydrogen-bond donors (Lipinski definition) is 1. The van der Waals surface area contributed by atoms with E-state index in [1.807, 2.05) is 24.3 Å². The molecule has 0 amide bonds. The lowest BCUT2D eigenvalue weighted by atomic mass is 10.1. The van der Waals surface area contributed by atoms with Crippen LogP contribution in [0.4, 0.5) is 11.4 Å². The summed E-state index contributed by atoms with van der Waals surface area (Å²) in [7, 11) is 0. The molecular formula is C15H11BrN2O2. The molecule has 0 aliphatic rings. The fourth-order valence-corrected chi connectivity index (χ4v) is 2.12. The molecule has 0 radical (unpaired) electrons. The largest absolute Gasteiger partial charge is 0.381 e. The Balaban J connectivity index is 2.19. The molecule has 0 heterocycles. The highest BCUT2D eigenvalue weighted by atomic mass is 79.9. The fourth-order valence-electron chi connectivity index (χ4n) is 1.77. The molecule has 4 nitrogen and oxygen atoms in total. The van der Waals surface area contributed by atoms with Crippen molar-refractivity contribution >= 4 is 27.3 Å². The molecule has 0 bridgehead atoms. The highest BCUT2D eigenvalue weighted by Gasteiger charge is 2.13. The van der Waals surface area contributed by atoms with Crippen molar-refractivity contribution in [2.45, 2.75) is 6.54 Å². The van der Waals surface area contributed by atoms with E-state index in [1.54, 1.807) is 12.1 Å². The molecule has 0 aromatic heterocycles. The van der Waals surface area contributed by atoms with Crippen LogP contribution in [0.1, 0.15) is 11.1 Å². The van der Waals surface area contributed by atoms with Crippen molar-refractivity contribution in [3.63, 3.8) is 0 Å². The number of rotatable bonds is 4. The quantitative estimate of drug-likeness (QED) is 0.524. The van der Waals surface area contributed by atoms with Gasteiger partial charge in [0.25, 0.3) is 5.69 Å². The van der Waals surface area contributed by atoms with Crippen molar-refractivity contribution in [3.8, 4) is 12.3 Å². The van der Waals surface area contributed by atoms with Crippen molar-refractivity contribution in [2.24, 2.45) is 0 Å². The minimum atomic E-state index is -0.389. The Morgan fingerprint density at radius 3 is 2.80 bits per heavy atom. The third kappa shape index (κ3) is 3.37. The summed E-state index contributed by atoms with van der Waals surface area (Å²) in [4.78, 5) is 10.6. The van der Waals surface area contributed by atoms with Crippen LogP contribution in [0.5, 0.6) is 0 Å². The Hall–Kier alpha value is -2.32. The molecule has 0 atom stereocenters. The second-order valence-corrected chi connectivity index (χ2v) is 5.02. The van der Waals surface area contributed by atoms with Gasteiger partial charge >= 0.3 is 0 Å². The van der Waals surface area contributed by atoms with Crippen LogP contribution in [-0.4, -0.2) is 4.92 Å². The molecule has 1 N–H and O–H groups in total. The van der Waals surface area contributed by atoms with Gasteiger partial charge in [-0.15, -0.1) is 6.42 Å². The molecule has 0 unspecified atom stereocenters. The molecule has 0 aliphatic heterocycles. The van der Waals surface area contributed by atoms with E-state index in [1.165, 1.54) is 6.07 Å². The van der Waals surface area contributed by atoms with E-state index in [2.05, 4.69) is 27.2 Å². The van der Waals surface area contributed by atoms with Crippen molar-refractivity contribution in [2.75, 3.05) is 5.32 Å². The summed E-state index contributed by atoms with van der Waals surface area (Å²) < 4.78 is 0.683. The van der Waals surface area contributed by atoms with Gasteiger partial charge in [-0.05, 0) is 30.3 Å². The van der Waals surface area contributed by atoms with Gasteiger partial charge in [0, 0.05) is 33.9 Å². The average molecular weight is 331 g/mol. The molecule has 0 spiro atoms. The molecule has 20 heavy (non-hydrogen) atoms. The SMILES string of the molecule is C#Cc1cccc(NCc2ccc(Br)cc2[N+](=O)[O-])c1. The number of nitrogens with one attached hydrogen (secondary N) is 1. The summed E-state index contributed by atoms with van der Waals surface area (Å²) in [6.07, 6.45) is 5.33. The van der Waals surface area contributed by atoms with Gasteiger partial charge in [0.2, 0.25) is 0 Å². The fraction of sp³-hybridized carbons (Fsp3) is 0.0667. The van der Waals surface area contributed by atoms with E-state index in [4.69, 9.17) is 6.42 Å². The zero-order valence-corrected chi connectivity index (χ0v) is 12.1. The number of halogens is 1. The summed E-state index contributed by atoms with van der Waals surface area (Å²) in [6, 6.07) is 12.4. The van der Waals surface area contributed by atoms with Crippen LogP contribution in [0.15, 0.2) is 46.9 Å². The lowest BCUT2D eigenvalue weighted by Crippen LogP contribution is -2.03. The van der Waals surface area contributed by atoms with Crippen LogP contribution < -0.4 is 5.32 Å². The summed E-state index contributed by atoms with van der Waals surface area (Å²) in [6.45, 7) is 0.359. The van der Waals surface area contributed by atoms with Crippen LogP contribution in [0, 0.1) is 22.5 Å². The predicted molar refractivity (Wildman–Crippen MR) is 82.5 cm³/mol. The first-order valence-corrected chi connectivity index (χ1v) is 6.63. The average Bonchev–Trinajstić information content (AvgIpc) is 2.46. The van der Waals surface area contributed by atoms with Crippen molar-refractivity contribution in [1.82, 2.24) is 0 Å². The van der Waals surface area contributed by atoms with Gasteiger partial charge in [0.15, 0.2) is 0 Å². The Kier molecular flexibility index (Phi) is 4.38. The van der Waals surface area contributed by atoms with Gasteiger partial charge in [-0.25, -0.2) is 0 Å². The van der Waals surface area contributed by atoms with Gasteiger partial charge in [-0.3, -0.25) is 10.1 Å². The van der Waals surface area contributed by atoms with E-state index in [9.17, 15) is 10.1 Å². The normalized spacial score (nSPS) is 9.80. The first-order chi connectivity index (χ1) is 9.60. The van der Waals surface area contributed by atoms with Crippen LogP contribution in [-0.2, 0) is 6.54 Å². The highest BCUT2D eigenvalue weighted by Crippen LogP contribution is 2.24. The highest BCUT2D eigenvalue weighted by molar-refractivity contribution is 9.10. The molecule has 0 saturated carbocycles. The molecule has 2 aromatic rings. The van der Waals surface area contributed by atoms with Gasteiger partial charge in [0.05, 0.1) is 4.92 Å². The van der Waals surface area contributed by atoms with Crippen LogP contribution in [0.25, 0.3) is 0 Å². The monoisotopic (exact) mass is 330 g/mol. The predicted octanol–water partition coefficient (Wildman–Crippen LogP) is 3.95. The second kappa shape index (κ2) is 6.22. The Labute approximate surface area is 125 Å².